The first-order valence-corrected chi connectivity index (χ1v) is 7.99. The lowest BCUT2D eigenvalue weighted by Crippen LogP contribution is -2.51. The molecule has 2 aliphatic rings. The van der Waals surface area contributed by atoms with E-state index in [-0.39, 0.29) is 17.5 Å². The van der Waals surface area contributed by atoms with E-state index in [0.29, 0.717) is 5.91 Å². The van der Waals surface area contributed by atoms with Gasteiger partial charge in [0.1, 0.15) is 0 Å². The van der Waals surface area contributed by atoms with Crippen LogP contribution in [0.25, 0.3) is 0 Å². The monoisotopic (exact) mass is 307 g/mol. The summed E-state index contributed by atoms with van der Waals surface area (Å²) in [6, 6.07) is 0. The Balaban J connectivity index is 1.94. The number of carbonyl (C=O) groups is 1. The van der Waals surface area contributed by atoms with Crippen LogP contribution in [-0.2, 0) is 9.53 Å². The first-order valence-electron chi connectivity index (χ1n) is 5.82. The molecule has 2 rings (SSSR count). The highest BCUT2D eigenvalue weighted by atomic mass is 79.9. The Bertz CT molecular complexity index is 258. The van der Waals surface area contributed by atoms with Crippen LogP contribution >= 0.6 is 27.7 Å². The Labute approximate surface area is 109 Å². The van der Waals surface area contributed by atoms with Crippen LogP contribution in [-0.4, -0.2) is 52.4 Å². The van der Waals surface area contributed by atoms with Crippen molar-refractivity contribution in [3.63, 3.8) is 0 Å². The largest absolute Gasteiger partial charge is 0.371 e. The molecule has 0 N–H and O–H groups in total. The molecular formula is C11H18BrNO2S. The highest BCUT2D eigenvalue weighted by molar-refractivity contribution is 9.09. The highest BCUT2D eigenvalue weighted by Gasteiger charge is 2.33. The molecule has 0 radical (unpaired) electrons. The number of rotatable bonds is 2. The average molecular weight is 308 g/mol. The molecule has 2 aliphatic heterocycles. The van der Waals surface area contributed by atoms with Crippen molar-refractivity contribution < 1.29 is 9.53 Å². The molecule has 0 aromatic heterocycles. The maximum atomic E-state index is 12.2. The van der Waals surface area contributed by atoms with Crippen LogP contribution in [0.15, 0.2) is 0 Å². The minimum Gasteiger partial charge on any atom is -0.371 e. The van der Waals surface area contributed by atoms with E-state index in [4.69, 9.17) is 4.74 Å². The molecule has 0 spiro atoms. The fraction of sp³-hybridized carbons (Fsp3) is 0.909. The minimum atomic E-state index is 0.152. The van der Waals surface area contributed by atoms with Crippen molar-refractivity contribution in [1.82, 2.24) is 4.90 Å². The van der Waals surface area contributed by atoms with Crippen LogP contribution in [0.1, 0.15) is 19.8 Å². The second-order valence-corrected chi connectivity index (χ2v) is 6.43. The van der Waals surface area contributed by atoms with Gasteiger partial charge in [0.05, 0.1) is 17.5 Å². The molecule has 2 heterocycles. The Kier molecular flexibility index (Phi) is 4.56. The molecule has 92 valence electrons. The van der Waals surface area contributed by atoms with Gasteiger partial charge >= 0.3 is 0 Å². The van der Waals surface area contributed by atoms with E-state index in [9.17, 15) is 4.79 Å². The van der Waals surface area contributed by atoms with E-state index >= 15 is 0 Å². The summed E-state index contributed by atoms with van der Waals surface area (Å²) in [4.78, 5) is 14.2. The lowest BCUT2D eigenvalue weighted by molar-refractivity contribution is -0.142. The Morgan fingerprint density at radius 1 is 1.56 bits per heavy atom. The molecule has 3 unspecified atom stereocenters. The molecule has 1 amide bonds. The third-order valence-corrected chi connectivity index (χ3v) is 5.10. The average Bonchev–Trinajstić information content (AvgIpc) is 2.80. The van der Waals surface area contributed by atoms with Crippen molar-refractivity contribution in [3.05, 3.63) is 0 Å². The van der Waals surface area contributed by atoms with E-state index in [0.717, 1.165) is 30.6 Å². The van der Waals surface area contributed by atoms with Crippen LogP contribution in [0.3, 0.4) is 0 Å². The number of morpholine rings is 1. The number of thioether (sulfide) groups is 1. The zero-order chi connectivity index (χ0) is 11.5. The maximum Gasteiger partial charge on any atom is 0.235 e. The number of nitrogens with zero attached hydrogens (tertiary/aromatic N) is 1. The van der Waals surface area contributed by atoms with Crippen molar-refractivity contribution in [1.29, 1.82) is 0 Å². The molecule has 0 bridgehead atoms. The van der Waals surface area contributed by atoms with Crippen molar-refractivity contribution in [2.24, 2.45) is 0 Å². The topological polar surface area (TPSA) is 29.5 Å². The summed E-state index contributed by atoms with van der Waals surface area (Å²) in [6.07, 6.45) is 2.54. The van der Waals surface area contributed by atoms with E-state index in [2.05, 4.69) is 15.9 Å². The molecule has 3 nitrogen and oxygen atoms in total. The maximum absolute atomic E-state index is 12.2. The molecule has 5 heteroatoms. The van der Waals surface area contributed by atoms with Gasteiger partial charge in [0.15, 0.2) is 0 Å². The summed E-state index contributed by atoms with van der Waals surface area (Å²) in [5, 5.41) is 1.01. The van der Waals surface area contributed by atoms with Crippen LogP contribution in [0.4, 0.5) is 0 Å². The summed E-state index contributed by atoms with van der Waals surface area (Å²) >= 11 is 5.24. The summed E-state index contributed by atoms with van der Waals surface area (Å²) < 4.78 is 5.73. The predicted octanol–water partition coefficient (Wildman–Crippen LogP) is 1.89. The molecule has 2 fully saturated rings. The summed E-state index contributed by atoms with van der Waals surface area (Å²) in [6.45, 7) is 3.53. The molecule has 3 atom stereocenters. The standard InChI is InChI=1S/C11H18BrNO2S/c1-8-6-13(7-9(5-12)15-8)11(14)10-3-2-4-16-10/h8-10H,2-7H2,1H3. The Morgan fingerprint density at radius 3 is 3.00 bits per heavy atom. The Hall–Kier alpha value is 0.260. The van der Waals surface area contributed by atoms with E-state index < -0.39 is 0 Å². The number of carbonyl (C=O) groups excluding carboxylic acids is 1. The van der Waals surface area contributed by atoms with Crippen molar-refractivity contribution in [2.45, 2.75) is 37.2 Å². The van der Waals surface area contributed by atoms with Crippen LogP contribution in [0, 0.1) is 0 Å². The lowest BCUT2D eigenvalue weighted by atomic mass is 10.2. The van der Waals surface area contributed by atoms with Crippen molar-refractivity contribution in [3.8, 4) is 0 Å². The van der Waals surface area contributed by atoms with Crippen LogP contribution in [0.2, 0.25) is 0 Å². The van der Waals surface area contributed by atoms with Gasteiger partial charge in [-0.15, -0.1) is 11.8 Å². The smallest absolute Gasteiger partial charge is 0.235 e. The zero-order valence-corrected chi connectivity index (χ0v) is 11.9. The molecule has 0 aromatic carbocycles. The minimum absolute atomic E-state index is 0.152. The zero-order valence-electron chi connectivity index (χ0n) is 9.52. The van der Waals surface area contributed by atoms with Crippen LogP contribution < -0.4 is 0 Å². The van der Waals surface area contributed by atoms with Gasteiger partial charge in [-0.2, -0.15) is 0 Å². The van der Waals surface area contributed by atoms with Gasteiger partial charge in [-0.05, 0) is 25.5 Å². The van der Waals surface area contributed by atoms with Gasteiger partial charge in [0.25, 0.3) is 0 Å². The second kappa shape index (κ2) is 5.74. The molecule has 2 saturated heterocycles. The number of alkyl halides is 1. The van der Waals surface area contributed by atoms with E-state index in [1.807, 2.05) is 23.6 Å². The van der Waals surface area contributed by atoms with Gasteiger partial charge in [0, 0.05) is 18.4 Å². The predicted molar refractivity (Wildman–Crippen MR) is 70.2 cm³/mol. The summed E-state index contributed by atoms with van der Waals surface area (Å²) in [7, 11) is 0. The molecule has 16 heavy (non-hydrogen) atoms. The SMILES string of the molecule is CC1CN(C(=O)C2CCCS2)CC(CBr)O1. The normalized spacial score (nSPS) is 35.4. The number of hydrogen-bond acceptors (Lipinski definition) is 3. The van der Waals surface area contributed by atoms with Crippen molar-refractivity contribution in [2.75, 3.05) is 24.2 Å². The number of hydrogen-bond donors (Lipinski definition) is 0. The first kappa shape index (κ1) is 12.7. The third kappa shape index (κ3) is 2.93. The lowest BCUT2D eigenvalue weighted by Gasteiger charge is -2.37. The van der Waals surface area contributed by atoms with E-state index in [1.54, 1.807) is 0 Å². The fourth-order valence-corrected chi connectivity index (χ4v) is 3.89. The molecule has 0 aromatic rings. The van der Waals surface area contributed by atoms with Crippen molar-refractivity contribution >= 4 is 33.6 Å². The van der Waals surface area contributed by atoms with Gasteiger partial charge < -0.3 is 9.64 Å². The highest BCUT2D eigenvalue weighted by Crippen LogP contribution is 2.28. The van der Waals surface area contributed by atoms with Gasteiger partial charge in [-0.3, -0.25) is 4.79 Å². The van der Waals surface area contributed by atoms with Gasteiger partial charge in [0.2, 0.25) is 5.91 Å². The van der Waals surface area contributed by atoms with Gasteiger partial charge in [-0.25, -0.2) is 0 Å². The first-order chi connectivity index (χ1) is 7.70. The molecule has 0 saturated carbocycles. The second-order valence-electron chi connectivity index (χ2n) is 4.47. The fourth-order valence-electron chi connectivity index (χ4n) is 2.29. The van der Waals surface area contributed by atoms with Gasteiger partial charge in [-0.1, -0.05) is 15.9 Å². The summed E-state index contributed by atoms with van der Waals surface area (Å²) in [5.41, 5.74) is 0. The molecular weight excluding hydrogens is 290 g/mol. The molecule has 0 aliphatic carbocycles. The summed E-state index contributed by atoms with van der Waals surface area (Å²) in [5.74, 6) is 1.46. The third-order valence-electron chi connectivity index (χ3n) is 3.02. The Morgan fingerprint density at radius 2 is 2.38 bits per heavy atom. The van der Waals surface area contributed by atoms with E-state index in [1.165, 1.54) is 6.42 Å². The number of ether oxygens (including phenoxy) is 1. The number of amides is 1. The quantitative estimate of drug-likeness (QED) is 0.730. The van der Waals surface area contributed by atoms with Crippen LogP contribution in [0.5, 0.6) is 0 Å². The number of halogens is 1.